The molecule has 0 bridgehead atoms. The Kier molecular flexibility index (Phi) is 10.7. The van der Waals surface area contributed by atoms with Crippen LogP contribution >= 0.6 is 24.0 Å². The van der Waals surface area contributed by atoms with E-state index in [1.165, 1.54) is 6.07 Å². The van der Waals surface area contributed by atoms with Crippen molar-refractivity contribution in [1.29, 1.82) is 0 Å². The number of hydrogen-bond donors (Lipinski definition) is 2. The van der Waals surface area contributed by atoms with Crippen LogP contribution in [0.2, 0.25) is 0 Å². The first-order valence-corrected chi connectivity index (χ1v) is 8.64. The smallest absolute Gasteiger partial charge is 0.191 e. The fourth-order valence-corrected chi connectivity index (χ4v) is 2.79. The van der Waals surface area contributed by atoms with Crippen molar-refractivity contribution in [2.75, 3.05) is 65.4 Å². The maximum absolute atomic E-state index is 13.9. The number of likely N-dealkylation sites (N-methyl/N-ethyl adjacent to an activating group) is 1. The van der Waals surface area contributed by atoms with Crippen molar-refractivity contribution in [2.24, 2.45) is 4.99 Å². The summed E-state index contributed by atoms with van der Waals surface area (Å²) in [7, 11) is 5.53. The number of rotatable bonds is 8. The molecule has 2 N–H and O–H groups in total. The number of aliphatic imine (C=N–C) groups is 1. The molecule has 0 radical (unpaired) electrons. The van der Waals surface area contributed by atoms with E-state index in [9.17, 15) is 4.39 Å². The van der Waals surface area contributed by atoms with Crippen molar-refractivity contribution >= 4 is 35.8 Å². The van der Waals surface area contributed by atoms with Gasteiger partial charge in [-0.25, -0.2) is 9.37 Å². The van der Waals surface area contributed by atoms with Crippen LogP contribution in [-0.2, 0) is 4.74 Å². The second kappa shape index (κ2) is 12.2. The highest BCUT2D eigenvalue weighted by molar-refractivity contribution is 14.0. The van der Waals surface area contributed by atoms with Gasteiger partial charge in [0.25, 0.3) is 0 Å². The van der Waals surface area contributed by atoms with E-state index in [0.29, 0.717) is 12.4 Å². The molecule has 7 nitrogen and oxygen atoms in total. The number of anilines is 1. The fourth-order valence-electron chi connectivity index (χ4n) is 2.79. The molecule has 1 aliphatic heterocycles. The lowest BCUT2D eigenvalue weighted by Gasteiger charge is -2.21. The monoisotopic (exact) mass is 480 g/mol. The van der Waals surface area contributed by atoms with Gasteiger partial charge < -0.3 is 25.2 Å². The van der Waals surface area contributed by atoms with Crippen LogP contribution in [0, 0.1) is 5.82 Å². The molecule has 1 unspecified atom stereocenters. The molecule has 148 valence electrons. The van der Waals surface area contributed by atoms with Crippen LogP contribution in [0.5, 0.6) is 0 Å². The Morgan fingerprint density at radius 2 is 2.31 bits per heavy atom. The van der Waals surface area contributed by atoms with Crippen molar-refractivity contribution in [1.82, 2.24) is 20.5 Å². The summed E-state index contributed by atoms with van der Waals surface area (Å²) in [4.78, 5) is 12.6. The van der Waals surface area contributed by atoms with Crippen LogP contribution in [0.4, 0.5) is 10.2 Å². The predicted octanol–water partition coefficient (Wildman–Crippen LogP) is 1.16. The summed E-state index contributed by atoms with van der Waals surface area (Å²) in [6.45, 7) is 4.82. The number of pyridine rings is 1. The minimum Gasteiger partial charge on any atom is -0.383 e. The molecule has 9 heteroatoms. The van der Waals surface area contributed by atoms with E-state index in [1.807, 2.05) is 4.90 Å². The van der Waals surface area contributed by atoms with Gasteiger partial charge in [-0.1, -0.05) is 0 Å². The minimum atomic E-state index is -0.273. The second-order valence-electron chi connectivity index (χ2n) is 6.18. The Labute approximate surface area is 172 Å². The largest absolute Gasteiger partial charge is 0.383 e. The molecule has 1 fully saturated rings. The number of guanidine groups is 1. The van der Waals surface area contributed by atoms with E-state index in [2.05, 4.69) is 32.6 Å². The third-order valence-corrected chi connectivity index (χ3v) is 4.25. The van der Waals surface area contributed by atoms with E-state index >= 15 is 0 Å². The van der Waals surface area contributed by atoms with Gasteiger partial charge in [-0.05, 0) is 25.6 Å². The molecule has 0 saturated carbocycles. The molecule has 26 heavy (non-hydrogen) atoms. The number of ether oxygens (including phenoxy) is 1. The molecule has 1 aromatic heterocycles. The topological polar surface area (TPSA) is 65.0 Å². The summed E-state index contributed by atoms with van der Waals surface area (Å²) in [6.07, 6.45) is 2.55. The summed E-state index contributed by atoms with van der Waals surface area (Å²) >= 11 is 0. The molecule has 0 amide bonds. The number of aromatic nitrogens is 1. The zero-order valence-electron chi connectivity index (χ0n) is 15.7. The van der Waals surface area contributed by atoms with Gasteiger partial charge in [0.2, 0.25) is 0 Å². The molecule has 2 rings (SSSR count). The number of methoxy groups -OCH3 is 1. The highest BCUT2D eigenvalue weighted by Crippen LogP contribution is 2.20. The van der Waals surface area contributed by atoms with Crippen LogP contribution in [0.1, 0.15) is 6.42 Å². The van der Waals surface area contributed by atoms with Gasteiger partial charge in [0.05, 0.1) is 6.61 Å². The number of nitrogens with zero attached hydrogens (tertiary/aromatic N) is 4. The number of hydrogen-bond acceptors (Lipinski definition) is 5. The van der Waals surface area contributed by atoms with Crippen molar-refractivity contribution in [2.45, 2.75) is 12.5 Å². The standard InChI is InChI=1S/C17H29FN6O.HI/c1-19-17(21-8-10-23(2)11-12-25-3)22-14-6-9-24(13-14)16-15(18)5-4-7-20-16;/h4-5,7,14H,6,8-13H2,1-3H3,(H2,19,21,22);1H. The molecule has 1 aromatic rings. The van der Waals surface area contributed by atoms with Gasteiger partial charge >= 0.3 is 0 Å². The van der Waals surface area contributed by atoms with Gasteiger partial charge in [0.1, 0.15) is 0 Å². The van der Waals surface area contributed by atoms with Crippen LogP contribution in [0.25, 0.3) is 0 Å². The van der Waals surface area contributed by atoms with E-state index in [4.69, 9.17) is 4.74 Å². The summed E-state index contributed by atoms with van der Waals surface area (Å²) in [5.41, 5.74) is 0. The SMILES string of the molecule is CN=C(NCCN(C)CCOC)NC1CCN(c2ncccc2F)C1.I. The molecular formula is C17H30FIN6O. The summed E-state index contributed by atoms with van der Waals surface area (Å²) in [5, 5.41) is 6.72. The van der Waals surface area contributed by atoms with Crippen LogP contribution in [0.15, 0.2) is 23.3 Å². The molecule has 0 aliphatic carbocycles. The molecule has 1 saturated heterocycles. The zero-order valence-corrected chi connectivity index (χ0v) is 18.1. The molecule has 0 aromatic carbocycles. The van der Waals surface area contributed by atoms with Crippen molar-refractivity contribution in [3.05, 3.63) is 24.1 Å². The zero-order chi connectivity index (χ0) is 18.1. The van der Waals surface area contributed by atoms with Crippen molar-refractivity contribution in [3.8, 4) is 0 Å². The maximum atomic E-state index is 13.9. The van der Waals surface area contributed by atoms with E-state index in [0.717, 1.165) is 45.2 Å². The summed E-state index contributed by atoms with van der Waals surface area (Å²) in [5.74, 6) is 0.924. The molecular weight excluding hydrogens is 450 g/mol. The lowest BCUT2D eigenvalue weighted by Crippen LogP contribution is -2.46. The van der Waals surface area contributed by atoms with Gasteiger partial charge in [0.15, 0.2) is 17.6 Å². The van der Waals surface area contributed by atoms with Crippen LogP contribution in [0.3, 0.4) is 0 Å². The lowest BCUT2D eigenvalue weighted by atomic mass is 10.3. The molecule has 1 aliphatic rings. The number of halogens is 2. The Morgan fingerprint density at radius 3 is 3.00 bits per heavy atom. The van der Waals surface area contributed by atoms with Gasteiger partial charge in [0, 0.05) is 59.1 Å². The van der Waals surface area contributed by atoms with Crippen LogP contribution in [-0.4, -0.2) is 82.4 Å². The lowest BCUT2D eigenvalue weighted by molar-refractivity contribution is 0.162. The highest BCUT2D eigenvalue weighted by Gasteiger charge is 2.25. The van der Waals surface area contributed by atoms with E-state index < -0.39 is 0 Å². The highest BCUT2D eigenvalue weighted by atomic mass is 127. The fraction of sp³-hybridized carbons (Fsp3) is 0.647. The summed E-state index contributed by atoms with van der Waals surface area (Å²) in [6, 6.07) is 3.28. The third-order valence-electron chi connectivity index (χ3n) is 4.25. The van der Waals surface area contributed by atoms with Gasteiger partial charge in [-0.3, -0.25) is 4.99 Å². The molecule has 0 spiro atoms. The maximum Gasteiger partial charge on any atom is 0.191 e. The second-order valence-corrected chi connectivity index (χ2v) is 6.18. The van der Waals surface area contributed by atoms with E-state index in [1.54, 1.807) is 26.4 Å². The Bertz CT molecular complexity index is 562. The minimum absolute atomic E-state index is 0. The molecule has 2 heterocycles. The Hall–Kier alpha value is -1.20. The Morgan fingerprint density at radius 1 is 1.50 bits per heavy atom. The van der Waals surface area contributed by atoms with Crippen molar-refractivity contribution < 1.29 is 9.13 Å². The summed E-state index contributed by atoms with van der Waals surface area (Å²) < 4.78 is 18.9. The van der Waals surface area contributed by atoms with Crippen LogP contribution < -0.4 is 15.5 Å². The first-order chi connectivity index (χ1) is 12.1. The average Bonchev–Trinajstić information content (AvgIpc) is 3.07. The van der Waals surface area contributed by atoms with Crippen molar-refractivity contribution in [3.63, 3.8) is 0 Å². The average molecular weight is 480 g/mol. The first-order valence-electron chi connectivity index (χ1n) is 8.64. The third kappa shape index (κ3) is 7.20. The van der Waals surface area contributed by atoms with Gasteiger partial charge in [-0.15, -0.1) is 24.0 Å². The molecule has 1 atom stereocenters. The quantitative estimate of drug-likeness (QED) is 0.331. The Balaban J connectivity index is 0.00000338. The van der Waals surface area contributed by atoms with Gasteiger partial charge in [-0.2, -0.15) is 0 Å². The normalized spacial score (nSPS) is 17.3. The number of nitrogens with one attached hydrogen (secondary N) is 2. The van der Waals surface area contributed by atoms with E-state index in [-0.39, 0.29) is 35.8 Å². The first kappa shape index (κ1) is 22.8. The predicted molar refractivity (Wildman–Crippen MR) is 114 cm³/mol.